The van der Waals surface area contributed by atoms with Crippen LogP contribution in [0.4, 0.5) is 0 Å². The van der Waals surface area contributed by atoms with Crippen LogP contribution >= 0.6 is 0 Å². The molecule has 1 amide bonds. The standard InChI is InChI=1S/C21H31N3O2/c1-6-7-18(24-21(3,4)5)19(25)20(26)22-11-10-15-13-23-17-9-8-14(2)12-16(15)17/h8-9,12-13,18,23-24H,6-7,10-11H2,1-5H3,(H,22,26). The van der Waals surface area contributed by atoms with Crippen LogP contribution in [0.25, 0.3) is 10.9 Å². The van der Waals surface area contributed by atoms with Crippen molar-refractivity contribution >= 4 is 22.6 Å². The van der Waals surface area contributed by atoms with Gasteiger partial charge in [0.15, 0.2) is 0 Å². The number of H-pyrrole nitrogens is 1. The minimum absolute atomic E-state index is 0.211. The molecule has 26 heavy (non-hydrogen) atoms. The summed E-state index contributed by atoms with van der Waals surface area (Å²) >= 11 is 0. The van der Waals surface area contributed by atoms with Crippen molar-refractivity contribution in [3.63, 3.8) is 0 Å². The Labute approximate surface area is 155 Å². The summed E-state index contributed by atoms with van der Waals surface area (Å²) in [7, 11) is 0. The summed E-state index contributed by atoms with van der Waals surface area (Å²) in [6, 6.07) is 5.83. The van der Waals surface area contributed by atoms with Crippen molar-refractivity contribution in [1.82, 2.24) is 15.6 Å². The van der Waals surface area contributed by atoms with Crippen LogP contribution in [0.3, 0.4) is 0 Å². The third-order valence-electron chi connectivity index (χ3n) is 4.33. The predicted molar refractivity (Wildman–Crippen MR) is 106 cm³/mol. The molecule has 0 aliphatic rings. The van der Waals surface area contributed by atoms with Crippen LogP contribution in [-0.4, -0.2) is 34.8 Å². The third-order valence-corrected chi connectivity index (χ3v) is 4.33. The SMILES string of the molecule is CCCC(NC(C)(C)C)C(=O)C(=O)NCCc1c[nH]c2ccc(C)cc12. The molecule has 1 heterocycles. The molecule has 1 aromatic heterocycles. The van der Waals surface area contributed by atoms with Gasteiger partial charge < -0.3 is 15.6 Å². The van der Waals surface area contributed by atoms with E-state index < -0.39 is 11.9 Å². The minimum Gasteiger partial charge on any atom is -0.361 e. The van der Waals surface area contributed by atoms with E-state index in [1.54, 1.807) is 0 Å². The molecule has 2 rings (SSSR count). The van der Waals surface area contributed by atoms with Gasteiger partial charge >= 0.3 is 0 Å². The number of aryl methyl sites for hydroxylation is 1. The average Bonchev–Trinajstić information content (AvgIpc) is 2.95. The molecular formula is C21H31N3O2. The smallest absolute Gasteiger partial charge is 0.289 e. The number of aromatic amines is 1. The van der Waals surface area contributed by atoms with Gasteiger partial charge in [-0.1, -0.05) is 25.0 Å². The van der Waals surface area contributed by atoms with E-state index in [1.807, 2.05) is 33.9 Å². The van der Waals surface area contributed by atoms with Gasteiger partial charge in [0.2, 0.25) is 5.78 Å². The number of carbonyl (C=O) groups is 2. The summed E-state index contributed by atoms with van der Waals surface area (Å²) in [5, 5.41) is 7.21. The van der Waals surface area contributed by atoms with Crippen LogP contribution in [-0.2, 0) is 16.0 Å². The molecule has 5 heteroatoms. The Balaban J connectivity index is 1.94. The van der Waals surface area contributed by atoms with Crippen molar-refractivity contribution in [1.29, 1.82) is 0 Å². The zero-order valence-corrected chi connectivity index (χ0v) is 16.5. The number of rotatable bonds is 8. The minimum atomic E-state index is -0.503. The number of carbonyl (C=O) groups excluding carboxylic acids is 2. The van der Waals surface area contributed by atoms with Crippen molar-refractivity contribution < 1.29 is 9.59 Å². The van der Waals surface area contributed by atoms with Crippen molar-refractivity contribution in [3.05, 3.63) is 35.5 Å². The van der Waals surface area contributed by atoms with E-state index in [0.717, 1.165) is 17.5 Å². The number of amides is 1. The summed E-state index contributed by atoms with van der Waals surface area (Å²) < 4.78 is 0. The summed E-state index contributed by atoms with van der Waals surface area (Å²) in [6.07, 6.45) is 4.17. The van der Waals surface area contributed by atoms with Crippen LogP contribution in [0.1, 0.15) is 51.7 Å². The topological polar surface area (TPSA) is 74.0 Å². The molecule has 2 aromatic rings. The van der Waals surface area contributed by atoms with Crippen molar-refractivity contribution in [3.8, 4) is 0 Å². The maximum atomic E-state index is 12.5. The number of benzene rings is 1. The highest BCUT2D eigenvalue weighted by atomic mass is 16.2. The highest BCUT2D eigenvalue weighted by molar-refractivity contribution is 6.38. The van der Waals surface area contributed by atoms with Crippen molar-refractivity contribution in [2.24, 2.45) is 0 Å². The number of ketones is 1. The number of aromatic nitrogens is 1. The number of nitrogens with one attached hydrogen (secondary N) is 3. The number of hydrogen-bond acceptors (Lipinski definition) is 3. The van der Waals surface area contributed by atoms with Crippen LogP contribution in [0.15, 0.2) is 24.4 Å². The van der Waals surface area contributed by atoms with Gasteiger partial charge in [-0.15, -0.1) is 0 Å². The molecule has 0 fully saturated rings. The van der Waals surface area contributed by atoms with Crippen LogP contribution in [0.5, 0.6) is 0 Å². The second-order valence-corrected chi connectivity index (χ2v) is 7.97. The molecule has 0 aliphatic heterocycles. The lowest BCUT2D eigenvalue weighted by Crippen LogP contribution is -2.52. The Bertz CT molecular complexity index is 771. The molecule has 0 saturated carbocycles. The van der Waals surface area contributed by atoms with Gasteiger partial charge in [-0.2, -0.15) is 0 Å². The summed E-state index contributed by atoms with van der Waals surface area (Å²) in [5.74, 6) is -0.882. The molecule has 0 bridgehead atoms. The normalized spacial score (nSPS) is 13.0. The first-order valence-corrected chi connectivity index (χ1v) is 9.37. The highest BCUT2D eigenvalue weighted by Gasteiger charge is 2.27. The molecular weight excluding hydrogens is 326 g/mol. The second kappa shape index (κ2) is 8.49. The van der Waals surface area contributed by atoms with E-state index in [2.05, 4.69) is 40.7 Å². The van der Waals surface area contributed by atoms with Crippen LogP contribution < -0.4 is 10.6 Å². The number of Topliss-reactive ketones (excluding diaryl/α,β-unsaturated/α-hetero) is 1. The molecule has 3 N–H and O–H groups in total. The zero-order chi connectivity index (χ0) is 19.3. The van der Waals surface area contributed by atoms with Crippen molar-refractivity contribution in [2.45, 2.75) is 65.5 Å². The highest BCUT2D eigenvalue weighted by Crippen LogP contribution is 2.19. The lowest BCUT2D eigenvalue weighted by atomic mass is 10.0. The molecule has 1 atom stereocenters. The zero-order valence-electron chi connectivity index (χ0n) is 16.5. The molecule has 0 aliphatic carbocycles. The van der Waals surface area contributed by atoms with Gasteiger partial charge in [0.1, 0.15) is 0 Å². The van der Waals surface area contributed by atoms with E-state index >= 15 is 0 Å². The monoisotopic (exact) mass is 357 g/mol. The molecule has 0 spiro atoms. The van der Waals surface area contributed by atoms with Gasteiger partial charge in [-0.25, -0.2) is 0 Å². The molecule has 0 radical (unpaired) electrons. The van der Waals surface area contributed by atoms with Gasteiger partial charge in [0.05, 0.1) is 6.04 Å². The fourth-order valence-electron chi connectivity index (χ4n) is 3.14. The Kier molecular flexibility index (Phi) is 6.59. The summed E-state index contributed by atoms with van der Waals surface area (Å²) in [4.78, 5) is 28.0. The predicted octanol–water partition coefficient (Wildman–Crippen LogP) is 3.26. The molecule has 142 valence electrons. The van der Waals surface area contributed by atoms with Gasteiger partial charge in [-0.05, 0) is 58.2 Å². The van der Waals surface area contributed by atoms with Crippen molar-refractivity contribution in [2.75, 3.05) is 6.54 Å². The van der Waals surface area contributed by atoms with E-state index in [-0.39, 0.29) is 11.3 Å². The lowest BCUT2D eigenvalue weighted by molar-refractivity contribution is -0.139. The lowest BCUT2D eigenvalue weighted by Gasteiger charge is -2.27. The second-order valence-electron chi connectivity index (χ2n) is 7.97. The summed E-state index contributed by atoms with van der Waals surface area (Å²) in [6.45, 7) is 10.5. The maximum Gasteiger partial charge on any atom is 0.289 e. The Morgan fingerprint density at radius 2 is 1.96 bits per heavy atom. The molecule has 1 aromatic carbocycles. The Morgan fingerprint density at radius 1 is 1.23 bits per heavy atom. The fraction of sp³-hybridized carbons (Fsp3) is 0.524. The largest absolute Gasteiger partial charge is 0.361 e. The first kappa shape index (κ1) is 20.2. The number of hydrogen-bond donors (Lipinski definition) is 3. The Morgan fingerprint density at radius 3 is 2.62 bits per heavy atom. The van der Waals surface area contributed by atoms with Crippen LogP contribution in [0.2, 0.25) is 0 Å². The first-order chi connectivity index (χ1) is 12.2. The number of fused-ring (bicyclic) bond motifs is 1. The molecule has 1 unspecified atom stereocenters. The van der Waals surface area contributed by atoms with E-state index in [4.69, 9.17) is 0 Å². The van der Waals surface area contributed by atoms with Gasteiger partial charge in [0.25, 0.3) is 5.91 Å². The van der Waals surface area contributed by atoms with Gasteiger partial charge in [0, 0.05) is 29.2 Å². The van der Waals surface area contributed by atoms with E-state index in [0.29, 0.717) is 19.4 Å². The average molecular weight is 357 g/mol. The third kappa shape index (κ3) is 5.43. The van der Waals surface area contributed by atoms with E-state index in [1.165, 1.54) is 10.9 Å². The quantitative estimate of drug-likeness (QED) is 0.635. The van der Waals surface area contributed by atoms with E-state index in [9.17, 15) is 9.59 Å². The first-order valence-electron chi connectivity index (χ1n) is 9.37. The van der Waals surface area contributed by atoms with Crippen LogP contribution in [0, 0.1) is 6.92 Å². The molecule has 5 nitrogen and oxygen atoms in total. The van der Waals surface area contributed by atoms with Gasteiger partial charge in [-0.3, -0.25) is 9.59 Å². The summed E-state index contributed by atoms with van der Waals surface area (Å²) in [5.41, 5.74) is 3.23. The molecule has 0 saturated heterocycles. The fourth-order valence-corrected chi connectivity index (χ4v) is 3.14. The maximum absolute atomic E-state index is 12.5. The Hall–Kier alpha value is -2.14.